The highest BCUT2D eigenvalue weighted by Gasteiger charge is 2.39. The largest absolute Gasteiger partial charge is 0.354 e. The molecule has 1 aliphatic carbocycles. The number of nitrogens with one attached hydrogen (secondary N) is 1. The highest BCUT2D eigenvalue weighted by molar-refractivity contribution is 7.11. The van der Waals surface area contributed by atoms with Gasteiger partial charge in [0.25, 0.3) is 5.91 Å². The van der Waals surface area contributed by atoms with Gasteiger partial charge in [0.05, 0.1) is 0 Å². The molecule has 4 atom stereocenters. The van der Waals surface area contributed by atoms with E-state index >= 15 is 0 Å². The van der Waals surface area contributed by atoms with Crippen molar-refractivity contribution < 1.29 is 9.59 Å². The Hall–Kier alpha value is -2.22. The second kappa shape index (κ2) is 13.9. The third kappa shape index (κ3) is 8.15. The number of amides is 2. The van der Waals surface area contributed by atoms with Crippen molar-refractivity contribution in [3.05, 3.63) is 57.3 Å². The molecule has 0 radical (unpaired) electrons. The predicted molar refractivity (Wildman–Crippen MR) is 161 cm³/mol. The Morgan fingerprint density at radius 2 is 1.79 bits per heavy atom. The third-order valence-electron chi connectivity index (χ3n) is 8.50. The molecule has 0 bridgehead atoms. The zero-order valence-electron chi connectivity index (χ0n) is 24.3. The van der Waals surface area contributed by atoms with Crippen LogP contribution >= 0.6 is 11.3 Å². The predicted octanol–water partition coefficient (Wildman–Crippen LogP) is 5.38. The Morgan fingerprint density at radius 1 is 1.05 bits per heavy atom. The number of rotatable bonds is 10. The van der Waals surface area contributed by atoms with Crippen LogP contribution < -0.4 is 11.1 Å². The minimum absolute atomic E-state index is 0.00787. The lowest BCUT2D eigenvalue weighted by Crippen LogP contribution is -2.58. The molecule has 1 saturated heterocycles. The van der Waals surface area contributed by atoms with Crippen molar-refractivity contribution in [1.29, 1.82) is 0 Å². The SMILES string of the molecule is Cc1ccc(C(=O)N2CCC(N(Cc3ccc(C)s3)CC(C)C)C[C@@H]2C(=O)NCC2CCCC(CN)C2)cc1. The van der Waals surface area contributed by atoms with Crippen LogP contribution in [-0.4, -0.2) is 59.9 Å². The van der Waals surface area contributed by atoms with E-state index in [1.165, 1.54) is 22.6 Å². The molecule has 3 N–H and O–H groups in total. The fourth-order valence-electron chi connectivity index (χ4n) is 6.38. The first-order valence-corrected chi connectivity index (χ1v) is 15.7. The van der Waals surface area contributed by atoms with E-state index in [0.29, 0.717) is 42.8 Å². The number of hydrogen-bond donors (Lipinski definition) is 2. The summed E-state index contributed by atoms with van der Waals surface area (Å²) in [6.45, 7) is 12.5. The van der Waals surface area contributed by atoms with E-state index in [1.807, 2.05) is 47.4 Å². The van der Waals surface area contributed by atoms with Gasteiger partial charge in [0.15, 0.2) is 0 Å². The van der Waals surface area contributed by atoms with Crippen molar-refractivity contribution in [3.8, 4) is 0 Å². The maximum atomic E-state index is 13.8. The van der Waals surface area contributed by atoms with Crippen LogP contribution in [0.4, 0.5) is 0 Å². The van der Waals surface area contributed by atoms with Gasteiger partial charge >= 0.3 is 0 Å². The van der Waals surface area contributed by atoms with Crippen LogP contribution in [0.25, 0.3) is 0 Å². The Bertz CT molecular complexity index is 1080. The van der Waals surface area contributed by atoms with E-state index in [-0.39, 0.29) is 17.9 Å². The fourth-order valence-corrected chi connectivity index (χ4v) is 7.29. The summed E-state index contributed by atoms with van der Waals surface area (Å²) in [6, 6.07) is 11.9. The molecule has 4 rings (SSSR count). The summed E-state index contributed by atoms with van der Waals surface area (Å²) in [7, 11) is 0. The summed E-state index contributed by atoms with van der Waals surface area (Å²) >= 11 is 1.85. The molecule has 39 heavy (non-hydrogen) atoms. The number of carbonyl (C=O) groups excluding carboxylic acids is 2. The lowest BCUT2D eigenvalue weighted by atomic mass is 9.81. The van der Waals surface area contributed by atoms with Gasteiger partial charge < -0.3 is 16.0 Å². The summed E-state index contributed by atoms with van der Waals surface area (Å²) in [6.07, 6.45) is 6.13. The number of hydrogen-bond acceptors (Lipinski definition) is 5. The molecule has 2 aliphatic rings. The van der Waals surface area contributed by atoms with Gasteiger partial charge in [-0.15, -0.1) is 11.3 Å². The van der Waals surface area contributed by atoms with Crippen LogP contribution in [0.3, 0.4) is 0 Å². The van der Waals surface area contributed by atoms with E-state index in [1.54, 1.807) is 0 Å². The van der Waals surface area contributed by atoms with Gasteiger partial charge in [-0.2, -0.15) is 0 Å². The van der Waals surface area contributed by atoms with Crippen molar-refractivity contribution >= 4 is 23.2 Å². The molecule has 3 unspecified atom stereocenters. The van der Waals surface area contributed by atoms with Gasteiger partial charge in [-0.1, -0.05) is 38.0 Å². The zero-order chi connectivity index (χ0) is 27.9. The van der Waals surface area contributed by atoms with Gasteiger partial charge in [0.2, 0.25) is 5.91 Å². The first kappa shape index (κ1) is 29.8. The Kier molecular flexibility index (Phi) is 10.6. The number of aryl methyl sites for hydroxylation is 2. The normalized spacial score (nSPS) is 23.8. The molecule has 2 fully saturated rings. The van der Waals surface area contributed by atoms with Gasteiger partial charge in [-0.3, -0.25) is 14.5 Å². The first-order chi connectivity index (χ1) is 18.7. The number of thiophene rings is 1. The first-order valence-electron chi connectivity index (χ1n) is 14.9. The molecule has 6 nitrogen and oxygen atoms in total. The number of benzene rings is 1. The lowest BCUT2D eigenvalue weighted by molar-refractivity contribution is -0.128. The zero-order valence-corrected chi connectivity index (χ0v) is 25.1. The van der Waals surface area contributed by atoms with Crippen molar-refractivity contribution in [1.82, 2.24) is 15.1 Å². The Morgan fingerprint density at radius 3 is 2.46 bits per heavy atom. The number of nitrogens with two attached hydrogens (primary N) is 1. The average molecular weight is 553 g/mol. The summed E-state index contributed by atoms with van der Waals surface area (Å²) in [4.78, 5) is 34.6. The van der Waals surface area contributed by atoms with Crippen molar-refractivity contribution in [2.24, 2.45) is 23.5 Å². The highest BCUT2D eigenvalue weighted by atomic mass is 32.1. The second-order valence-electron chi connectivity index (χ2n) is 12.3. The van der Waals surface area contributed by atoms with Crippen molar-refractivity contribution in [2.45, 2.75) is 84.8 Å². The minimum Gasteiger partial charge on any atom is -0.354 e. The number of piperidine rings is 1. The van der Waals surface area contributed by atoms with Crippen LogP contribution in [-0.2, 0) is 11.3 Å². The summed E-state index contributed by atoms with van der Waals surface area (Å²) in [5.41, 5.74) is 7.73. The van der Waals surface area contributed by atoms with Crippen LogP contribution in [0.15, 0.2) is 36.4 Å². The van der Waals surface area contributed by atoms with E-state index in [0.717, 1.165) is 44.5 Å². The fraction of sp³-hybridized carbons (Fsp3) is 0.625. The standard InChI is InChI=1S/C32H48N4O2S/c1-22(2)20-35(21-29-13-10-24(4)39-29)28-14-15-36(32(38)27-11-8-23(3)9-12-27)30(17-28)31(37)34-19-26-7-5-6-25(16-26)18-33/h8-13,22,25-26,28,30H,5-7,14-21,33H2,1-4H3,(H,34,37)/t25?,26?,28?,30-/m1/s1. The number of carbonyl (C=O) groups is 2. The van der Waals surface area contributed by atoms with Gasteiger partial charge in [-0.05, 0) is 94.5 Å². The highest BCUT2D eigenvalue weighted by Crippen LogP contribution is 2.30. The Labute approximate surface area is 239 Å². The molecule has 0 spiro atoms. The summed E-state index contributed by atoms with van der Waals surface area (Å²) < 4.78 is 0. The molecule has 214 valence electrons. The van der Waals surface area contributed by atoms with Gasteiger partial charge in [-0.25, -0.2) is 0 Å². The topological polar surface area (TPSA) is 78.7 Å². The van der Waals surface area contributed by atoms with E-state index < -0.39 is 6.04 Å². The maximum Gasteiger partial charge on any atom is 0.254 e. The monoisotopic (exact) mass is 552 g/mol. The van der Waals surface area contributed by atoms with Crippen LogP contribution in [0, 0.1) is 31.6 Å². The molecule has 7 heteroatoms. The van der Waals surface area contributed by atoms with E-state index in [4.69, 9.17) is 5.73 Å². The number of nitrogens with zero attached hydrogens (tertiary/aromatic N) is 2. The third-order valence-corrected chi connectivity index (χ3v) is 9.48. The lowest BCUT2D eigenvalue weighted by Gasteiger charge is -2.43. The quantitative estimate of drug-likeness (QED) is 0.415. The maximum absolute atomic E-state index is 13.8. The minimum atomic E-state index is -0.466. The second-order valence-corrected chi connectivity index (χ2v) is 13.6. The van der Waals surface area contributed by atoms with Crippen LogP contribution in [0.1, 0.15) is 78.0 Å². The van der Waals surface area contributed by atoms with Crippen LogP contribution in [0.2, 0.25) is 0 Å². The Balaban J connectivity index is 1.51. The molecule has 2 amide bonds. The molecule has 1 saturated carbocycles. The van der Waals surface area contributed by atoms with E-state index in [9.17, 15) is 9.59 Å². The van der Waals surface area contributed by atoms with Crippen molar-refractivity contribution in [3.63, 3.8) is 0 Å². The molecule has 2 aromatic rings. The average Bonchev–Trinajstić information content (AvgIpc) is 3.35. The van der Waals surface area contributed by atoms with Crippen molar-refractivity contribution in [2.75, 3.05) is 26.2 Å². The molecule has 1 aromatic heterocycles. The van der Waals surface area contributed by atoms with Gasteiger partial charge in [0, 0.05) is 47.5 Å². The molecule has 1 aromatic carbocycles. The van der Waals surface area contributed by atoms with Crippen LogP contribution in [0.5, 0.6) is 0 Å². The molecular formula is C32H48N4O2S. The summed E-state index contributed by atoms with van der Waals surface area (Å²) in [5, 5.41) is 3.28. The molecule has 2 heterocycles. The van der Waals surface area contributed by atoms with E-state index in [2.05, 4.69) is 43.1 Å². The smallest absolute Gasteiger partial charge is 0.254 e. The molecular weight excluding hydrogens is 504 g/mol. The molecule has 1 aliphatic heterocycles. The number of likely N-dealkylation sites (tertiary alicyclic amines) is 1. The summed E-state index contributed by atoms with van der Waals surface area (Å²) in [5.74, 6) is 1.50. The van der Waals surface area contributed by atoms with Gasteiger partial charge in [0.1, 0.15) is 6.04 Å².